The number of fused-ring (bicyclic) bond motifs is 1. The molecule has 1 aromatic heterocycles. The van der Waals surface area contributed by atoms with Gasteiger partial charge in [0, 0.05) is 28.2 Å². The van der Waals surface area contributed by atoms with Crippen LogP contribution in [0.2, 0.25) is 5.02 Å². The fraction of sp³-hybridized carbons (Fsp3) is 0.0385. The van der Waals surface area contributed by atoms with E-state index in [1.165, 1.54) is 17.0 Å². The molecule has 0 saturated carbocycles. The molecule has 8 heteroatoms. The molecule has 1 aliphatic heterocycles. The summed E-state index contributed by atoms with van der Waals surface area (Å²) in [4.78, 5) is 27.3. The molecule has 34 heavy (non-hydrogen) atoms. The number of thiocarbonyl (C=S) groups is 1. The molecule has 5 rings (SSSR count). The van der Waals surface area contributed by atoms with Crippen LogP contribution < -0.4 is 10.2 Å². The van der Waals surface area contributed by atoms with Gasteiger partial charge in [0.05, 0.1) is 17.3 Å². The van der Waals surface area contributed by atoms with Crippen LogP contribution in [0.1, 0.15) is 11.1 Å². The lowest BCUT2D eigenvalue weighted by Crippen LogP contribution is -2.54. The minimum atomic E-state index is -0.593. The zero-order valence-corrected chi connectivity index (χ0v) is 19.2. The summed E-state index contributed by atoms with van der Waals surface area (Å²) in [6.07, 6.45) is 3.33. The molecule has 3 aromatic carbocycles. The highest BCUT2D eigenvalue weighted by atomic mass is 35.5. The van der Waals surface area contributed by atoms with Crippen LogP contribution in [0.4, 0.5) is 10.1 Å². The van der Waals surface area contributed by atoms with Gasteiger partial charge in [-0.05, 0) is 42.6 Å². The summed E-state index contributed by atoms with van der Waals surface area (Å²) in [5.74, 6) is -1.47. The zero-order chi connectivity index (χ0) is 23.8. The second-order valence-corrected chi connectivity index (χ2v) is 8.52. The van der Waals surface area contributed by atoms with Crippen molar-refractivity contribution < 1.29 is 14.0 Å². The van der Waals surface area contributed by atoms with E-state index in [2.05, 4.69) is 5.32 Å². The van der Waals surface area contributed by atoms with E-state index >= 15 is 0 Å². The molecule has 0 aliphatic carbocycles. The molecule has 168 valence electrons. The van der Waals surface area contributed by atoms with Crippen LogP contribution in [0.15, 0.2) is 84.6 Å². The number of halogens is 2. The average molecular weight is 490 g/mol. The maximum atomic E-state index is 14.3. The molecule has 1 N–H and O–H groups in total. The predicted octanol–water partition coefficient (Wildman–Crippen LogP) is 5.31. The average Bonchev–Trinajstić information content (AvgIpc) is 3.16. The maximum absolute atomic E-state index is 14.3. The van der Waals surface area contributed by atoms with Crippen LogP contribution in [-0.4, -0.2) is 21.5 Å². The van der Waals surface area contributed by atoms with Crippen molar-refractivity contribution in [3.8, 4) is 0 Å². The standard InChI is InChI=1S/C26H17ClFN3O2S/c27-20-9-3-6-12-23(20)31-25(33)19(24(32)29-26(31)34)13-17-15-30(22-11-5-2-8-18(17)22)14-16-7-1-4-10-21(16)28/h1-13,15H,14H2,(H,29,32,34)/b19-13+. The molecule has 0 unspecified atom stereocenters. The minimum Gasteiger partial charge on any atom is -0.342 e. The van der Waals surface area contributed by atoms with Gasteiger partial charge >= 0.3 is 0 Å². The summed E-state index contributed by atoms with van der Waals surface area (Å²) in [5.41, 5.74) is 2.33. The van der Waals surface area contributed by atoms with E-state index in [-0.39, 0.29) is 16.5 Å². The fourth-order valence-electron chi connectivity index (χ4n) is 4.00. The molecule has 4 aromatic rings. The number of nitrogens with one attached hydrogen (secondary N) is 1. The number of amides is 2. The number of nitrogens with zero attached hydrogens (tertiary/aromatic N) is 2. The van der Waals surface area contributed by atoms with Gasteiger partial charge in [-0.1, -0.05) is 60.1 Å². The van der Waals surface area contributed by atoms with E-state index in [4.69, 9.17) is 23.8 Å². The van der Waals surface area contributed by atoms with Crippen molar-refractivity contribution in [3.05, 3.63) is 107 Å². The van der Waals surface area contributed by atoms with Gasteiger partial charge in [0.25, 0.3) is 11.8 Å². The van der Waals surface area contributed by atoms with Gasteiger partial charge in [-0.3, -0.25) is 19.8 Å². The van der Waals surface area contributed by atoms with Gasteiger partial charge in [-0.2, -0.15) is 0 Å². The molecular weight excluding hydrogens is 473 g/mol. The molecule has 0 atom stereocenters. The van der Waals surface area contributed by atoms with Crippen molar-refractivity contribution >= 4 is 63.4 Å². The highest BCUT2D eigenvalue weighted by Crippen LogP contribution is 2.30. The normalized spacial score (nSPS) is 15.3. The number of hydrogen-bond donors (Lipinski definition) is 1. The molecule has 1 saturated heterocycles. The lowest BCUT2D eigenvalue weighted by molar-refractivity contribution is -0.122. The second-order valence-electron chi connectivity index (χ2n) is 7.73. The summed E-state index contributed by atoms with van der Waals surface area (Å²) in [6, 6.07) is 20.9. The number of carbonyl (C=O) groups excluding carboxylic acids is 2. The Morgan fingerprint density at radius 2 is 1.68 bits per heavy atom. The summed E-state index contributed by atoms with van der Waals surface area (Å²) in [7, 11) is 0. The van der Waals surface area contributed by atoms with Crippen molar-refractivity contribution in [2.45, 2.75) is 6.54 Å². The maximum Gasteiger partial charge on any atom is 0.270 e. The fourth-order valence-corrected chi connectivity index (χ4v) is 4.49. The topological polar surface area (TPSA) is 54.3 Å². The number of hydrogen-bond acceptors (Lipinski definition) is 3. The van der Waals surface area contributed by atoms with Crippen molar-refractivity contribution in [3.63, 3.8) is 0 Å². The third-order valence-corrected chi connectivity index (χ3v) is 6.22. The Hall–Kier alpha value is -3.81. The Kier molecular flexibility index (Phi) is 5.73. The zero-order valence-electron chi connectivity index (χ0n) is 17.7. The first-order valence-corrected chi connectivity index (χ1v) is 11.2. The monoisotopic (exact) mass is 489 g/mol. The smallest absolute Gasteiger partial charge is 0.270 e. The van der Waals surface area contributed by atoms with Crippen molar-refractivity contribution in [2.24, 2.45) is 0 Å². The lowest BCUT2D eigenvalue weighted by atomic mass is 10.1. The first-order valence-electron chi connectivity index (χ1n) is 10.4. The molecule has 5 nitrogen and oxygen atoms in total. The third kappa shape index (κ3) is 3.89. The Morgan fingerprint density at radius 1 is 0.971 bits per heavy atom. The van der Waals surface area contributed by atoms with Crippen LogP contribution in [0.3, 0.4) is 0 Å². The Bertz CT molecular complexity index is 1510. The van der Waals surface area contributed by atoms with Crippen LogP contribution in [0.5, 0.6) is 0 Å². The van der Waals surface area contributed by atoms with E-state index in [1.807, 2.05) is 28.8 Å². The second kappa shape index (κ2) is 8.85. The number of carbonyl (C=O) groups is 2. The van der Waals surface area contributed by atoms with E-state index < -0.39 is 11.8 Å². The first kappa shape index (κ1) is 22.0. The van der Waals surface area contributed by atoms with Crippen LogP contribution in [0, 0.1) is 5.82 Å². The first-order chi connectivity index (χ1) is 16.4. The van der Waals surface area contributed by atoms with Gasteiger partial charge in [0.1, 0.15) is 11.4 Å². The van der Waals surface area contributed by atoms with Gasteiger partial charge in [-0.15, -0.1) is 0 Å². The molecule has 2 amide bonds. The predicted molar refractivity (Wildman–Crippen MR) is 135 cm³/mol. The van der Waals surface area contributed by atoms with E-state index in [0.29, 0.717) is 28.4 Å². The number of benzene rings is 3. The number of aromatic nitrogens is 1. The van der Waals surface area contributed by atoms with Crippen LogP contribution in [0.25, 0.3) is 17.0 Å². The Labute approximate surface area is 205 Å². The third-order valence-electron chi connectivity index (χ3n) is 5.61. The van der Waals surface area contributed by atoms with E-state index in [9.17, 15) is 14.0 Å². The van der Waals surface area contributed by atoms with Gasteiger partial charge in [0.2, 0.25) is 0 Å². The lowest BCUT2D eigenvalue weighted by Gasteiger charge is -2.29. The Balaban J connectivity index is 1.59. The van der Waals surface area contributed by atoms with Crippen molar-refractivity contribution in [2.75, 3.05) is 4.90 Å². The number of para-hydroxylation sites is 2. The SMILES string of the molecule is O=C1NC(=S)N(c2ccccc2Cl)C(=O)/C1=C/c1cn(Cc2ccccc2F)c2ccccc12. The highest BCUT2D eigenvalue weighted by molar-refractivity contribution is 7.80. The molecule has 0 bridgehead atoms. The largest absolute Gasteiger partial charge is 0.342 e. The molecule has 1 fully saturated rings. The highest BCUT2D eigenvalue weighted by Gasteiger charge is 2.35. The quantitative estimate of drug-likeness (QED) is 0.240. The summed E-state index contributed by atoms with van der Waals surface area (Å²) in [6.45, 7) is 0.298. The van der Waals surface area contributed by atoms with Crippen molar-refractivity contribution in [1.29, 1.82) is 0 Å². The molecule has 0 radical (unpaired) electrons. The van der Waals surface area contributed by atoms with Gasteiger partial charge in [0.15, 0.2) is 5.11 Å². The molecule has 2 heterocycles. The van der Waals surface area contributed by atoms with Crippen LogP contribution >= 0.6 is 23.8 Å². The van der Waals surface area contributed by atoms with E-state index in [0.717, 1.165) is 10.9 Å². The van der Waals surface area contributed by atoms with Gasteiger partial charge in [-0.25, -0.2) is 4.39 Å². The summed E-state index contributed by atoms with van der Waals surface area (Å²) < 4.78 is 16.2. The summed E-state index contributed by atoms with van der Waals surface area (Å²) in [5, 5.41) is 3.69. The van der Waals surface area contributed by atoms with Crippen LogP contribution in [-0.2, 0) is 16.1 Å². The Morgan fingerprint density at radius 3 is 2.47 bits per heavy atom. The minimum absolute atomic E-state index is 0.0396. The molecule has 0 spiro atoms. The molecular formula is C26H17ClFN3O2S. The van der Waals surface area contributed by atoms with E-state index in [1.54, 1.807) is 48.7 Å². The van der Waals surface area contributed by atoms with Crippen molar-refractivity contribution in [1.82, 2.24) is 9.88 Å². The summed E-state index contributed by atoms with van der Waals surface area (Å²) >= 11 is 11.5. The van der Waals surface area contributed by atoms with Gasteiger partial charge < -0.3 is 4.57 Å². The number of anilines is 1. The molecule has 1 aliphatic rings. The number of rotatable bonds is 4.